The average Bonchev–Trinajstić information content (AvgIpc) is 2.80. The lowest BCUT2D eigenvalue weighted by Crippen LogP contribution is -2.52. The second-order valence-corrected chi connectivity index (χ2v) is 10.0. The number of ether oxygens (including phenoxy) is 2. The van der Waals surface area contributed by atoms with Gasteiger partial charge in [-0.3, -0.25) is 14.4 Å². The SMILES string of the molecule is C=Cc1cccc(C(C(=O)NCCC(=O)OCC)N(C)C(=O)C(CCSC)NC(=O)OC(C)(C)C)c1. The van der Waals surface area contributed by atoms with Crippen LogP contribution in [-0.4, -0.2) is 72.6 Å². The van der Waals surface area contributed by atoms with Gasteiger partial charge in [0.05, 0.1) is 13.0 Å². The third-order valence-electron chi connectivity index (χ3n) is 4.98. The Morgan fingerprint density at radius 2 is 1.92 bits per heavy atom. The number of carbonyl (C=O) groups excluding carboxylic acids is 4. The summed E-state index contributed by atoms with van der Waals surface area (Å²) in [5.41, 5.74) is 0.622. The Hall–Kier alpha value is -3.01. The van der Waals surface area contributed by atoms with Crippen molar-refractivity contribution in [1.29, 1.82) is 0 Å². The topological polar surface area (TPSA) is 114 Å². The summed E-state index contributed by atoms with van der Waals surface area (Å²) in [6.07, 6.45) is 3.20. The fraction of sp³-hybridized carbons (Fsp3) is 0.538. The van der Waals surface area contributed by atoms with Gasteiger partial charge in [0, 0.05) is 13.6 Å². The lowest BCUT2D eigenvalue weighted by molar-refractivity contribution is -0.143. The van der Waals surface area contributed by atoms with Crippen molar-refractivity contribution in [1.82, 2.24) is 15.5 Å². The van der Waals surface area contributed by atoms with Crippen LogP contribution in [-0.2, 0) is 23.9 Å². The highest BCUT2D eigenvalue weighted by atomic mass is 32.2. The van der Waals surface area contributed by atoms with Crippen LogP contribution in [0.15, 0.2) is 30.8 Å². The van der Waals surface area contributed by atoms with E-state index in [4.69, 9.17) is 9.47 Å². The van der Waals surface area contributed by atoms with E-state index in [0.717, 1.165) is 5.56 Å². The maximum Gasteiger partial charge on any atom is 0.408 e. The molecule has 3 amide bonds. The van der Waals surface area contributed by atoms with Crippen molar-refractivity contribution in [3.8, 4) is 0 Å². The first kappa shape index (κ1) is 31.0. The van der Waals surface area contributed by atoms with Gasteiger partial charge >= 0.3 is 12.1 Å². The Bertz CT molecular complexity index is 915. The second kappa shape index (κ2) is 15.2. The van der Waals surface area contributed by atoms with Gasteiger partial charge < -0.3 is 25.0 Å². The van der Waals surface area contributed by atoms with Crippen molar-refractivity contribution < 1.29 is 28.7 Å². The quantitative estimate of drug-likeness (QED) is 0.382. The molecule has 2 N–H and O–H groups in total. The maximum absolute atomic E-state index is 13.6. The lowest BCUT2D eigenvalue weighted by Gasteiger charge is -2.31. The van der Waals surface area contributed by atoms with E-state index < -0.39 is 41.6 Å². The highest BCUT2D eigenvalue weighted by Gasteiger charge is 2.34. The average molecular weight is 522 g/mol. The second-order valence-electron chi connectivity index (χ2n) is 9.05. The number of nitrogens with one attached hydrogen (secondary N) is 2. The van der Waals surface area contributed by atoms with Gasteiger partial charge in [0.15, 0.2) is 0 Å². The minimum atomic E-state index is -1.00. The zero-order valence-corrected chi connectivity index (χ0v) is 22.9. The molecule has 1 rings (SSSR count). The zero-order valence-electron chi connectivity index (χ0n) is 22.1. The normalized spacial score (nSPS) is 12.6. The van der Waals surface area contributed by atoms with Gasteiger partial charge in [-0.25, -0.2) is 4.79 Å². The van der Waals surface area contributed by atoms with E-state index >= 15 is 0 Å². The molecule has 1 aromatic rings. The Labute approximate surface area is 218 Å². The number of amides is 3. The van der Waals surface area contributed by atoms with Crippen LogP contribution in [0.3, 0.4) is 0 Å². The molecular formula is C26H39N3O6S. The van der Waals surface area contributed by atoms with E-state index in [9.17, 15) is 19.2 Å². The number of hydrogen-bond acceptors (Lipinski definition) is 7. The fourth-order valence-electron chi connectivity index (χ4n) is 3.34. The molecule has 0 saturated heterocycles. The summed E-state index contributed by atoms with van der Waals surface area (Å²) in [7, 11) is 1.52. The van der Waals surface area contributed by atoms with Crippen LogP contribution in [0.1, 0.15) is 57.7 Å². The lowest BCUT2D eigenvalue weighted by atomic mass is 10.0. The number of hydrogen-bond donors (Lipinski definition) is 2. The molecule has 36 heavy (non-hydrogen) atoms. The van der Waals surface area contributed by atoms with Gasteiger partial charge in [0.1, 0.15) is 17.7 Å². The summed E-state index contributed by atoms with van der Waals surface area (Å²) in [6.45, 7) is 11.0. The van der Waals surface area contributed by atoms with Crippen molar-refractivity contribution in [2.45, 2.75) is 58.2 Å². The number of alkyl carbamates (subject to hydrolysis) is 1. The van der Waals surface area contributed by atoms with Gasteiger partial charge in [-0.15, -0.1) is 0 Å². The standard InChI is InChI=1S/C26H39N3O6S/c1-8-18-11-10-12-19(17-18)22(23(31)27-15-13-21(30)34-9-2)29(6)24(32)20(14-16-36-7)28-25(33)35-26(3,4)5/h8,10-12,17,20,22H,1,9,13-16H2,2-7H3,(H,27,31)(H,28,33). The van der Waals surface area contributed by atoms with Gasteiger partial charge in [0.2, 0.25) is 11.8 Å². The molecule has 0 aliphatic rings. The van der Waals surface area contributed by atoms with Crippen molar-refractivity contribution >= 4 is 41.7 Å². The number of nitrogens with zero attached hydrogens (tertiary/aromatic N) is 1. The Morgan fingerprint density at radius 3 is 2.50 bits per heavy atom. The Kier molecular flexibility index (Phi) is 13.1. The molecule has 0 radical (unpaired) electrons. The molecule has 0 spiro atoms. The van der Waals surface area contributed by atoms with Crippen LogP contribution >= 0.6 is 11.8 Å². The number of thioether (sulfide) groups is 1. The van der Waals surface area contributed by atoms with Crippen LogP contribution in [0, 0.1) is 0 Å². The molecule has 10 heteroatoms. The molecule has 0 aliphatic heterocycles. The maximum atomic E-state index is 13.6. The first-order chi connectivity index (χ1) is 16.9. The Morgan fingerprint density at radius 1 is 1.22 bits per heavy atom. The number of carbonyl (C=O) groups is 4. The molecule has 0 aromatic heterocycles. The van der Waals surface area contributed by atoms with E-state index in [1.54, 1.807) is 52.0 Å². The van der Waals surface area contributed by atoms with E-state index in [1.165, 1.54) is 23.7 Å². The minimum absolute atomic E-state index is 0.00715. The molecule has 0 fully saturated rings. The largest absolute Gasteiger partial charge is 0.466 e. The fourth-order valence-corrected chi connectivity index (χ4v) is 3.81. The van der Waals surface area contributed by atoms with Gasteiger partial charge in [-0.2, -0.15) is 11.8 Å². The number of rotatable bonds is 13. The monoisotopic (exact) mass is 521 g/mol. The van der Waals surface area contributed by atoms with Gasteiger partial charge in [-0.1, -0.05) is 30.9 Å². The van der Waals surface area contributed by atoms with Crippen molar-refractivity contribution in [3.63, 3.8) is 0 Å². The molecule has 0 bridgehead atoms. The number of benzene rings is 1. The van der Waals surface area contributed by atoms with Crippen LogP contribution in [0.2, 0.25) is 0 Å². The predicted molar refractivity (Wildman–Crippen MR) is 142 cm³/mol. The zero-order chi connectivity index (χ0) is 27.3. The molecule has 2 atom stereocenters. The number of likely N-dealkylation sites (N-methyl/N-ethyl adjacent to an activating group) is 1. The van der Waals surface area contributed by atoms with Crippen molar-refractivity contribution in [2.24, 2.45) is 0 Å². The molecular weight excluding hydrogens is 482 g/mol. The van der Waals surface area contributed by atoms with E-state index in [0.29, 0.717) is 17.7 Å². The minimum Gasteiger partial charge on any atom is -0.466 e. The predicted octanol–water partition coefficient (Wildman–Crippen LogP) is 3.54. The molecule has 200 valence electrons. The van der Waals surface area contributed by atoms with Crippen molar-refractivity contribution in [2.75, 3.05) is 32.2 Å². The molecule has 1 aromatic carbocycles. The third-order valence-corrected chi connectivity index (χ3v) is 5.62. The summed E-state index contributed by atoms with van der Waals surface area (Å²) in [4.78, 5) is 52.3. The van der Waals surface area contributed by atoms with E-state index in [2.05, 4.69) is 17.2 Å². The van der Waals surface area contributed by atoms with E-state index in [1.807, 2.05) is 12.3 Å². The molecule has 0 saturated carbocycles. The summed E-state index contributed by atoms with van der Waals surface area (Å²) in [6, 6.07) is 5.22. The van der Waals surface area contributed by atoms with Crippen LogP contribution in [0.25, 0.3) is 6.08 Å². The molecule has 0 heterocycles. The number of esters is 1. The van der Waals surface area contributed by atoms with Crippen LogP contribution in [0.4, 0.5) is 4.79 Å². The third kappa shape index (κ3) is 10.7. The summed E-state index contributed by atoms with van der Waals surface area (Å²) in [5.74, 6) is -0.713. The van der Waals surface area contributed by atoms with E-state index in [-0.39, 0.29) is 19.6 Å². The first-order valence-electron chi connectivity index (χ1n) is 11.8. The Balaban J connectivity index is 3.20. The van der Waals surface area contributed by atoms with Gasteiger partial charge in [0.25, 0.3) is 0 Å². The summed E-state index contributed by atoms with van der Waals surface area (Å²) >= 11 is 1.54. The van der Waals surface area contributed by atoms with Crippen LogP contribution in [0.5, 0.6) is 0 Å². The molecule has 0 aliphatic carbocycles. The van der Waals surface area contributed by atoms with Crippen LogP contribution < -0.4 is 10.6 Å². The first-order valence-corrected chi connectivity index (χ1v) is 13.2. The smallest absolute Gasteiger partial charge is 0.408 e. The van der Waals surface area contributed by atoms with Gasteiger partial charge in [-0.05, 0) is 63.3 Å². The highest BCUT2D eigenvalue weighted by Crippen LogP contribution is 2.23. The molecule has 2 unspecified atom stereocenters. The molecule has 9 nitrogen and oxygen atoms in total. The summed E-state index contributed by atoms with van der Waals surface area (Å²) < 4.78 is 10.2. The highest BCUT2D eigenvalue weighted by molar-refractivity contribution is 7.98. The summed E-state index contributed by atoms with van der Waals surface area (Å²) in [5, 5.41) is 5.38. The van der Waals surface area contributed by atoms with Crippen molar-refractivity contribution in [3.05, 3.63) is 42.0 Å².